The lowest BCUT2D eigenvalue weighted by molar-refractivity contribution is 0.0396. The van der Waals surface area contributed by atoms with Crippen LogP contribution in [0.1, 0.15) is 49.0 Å². The molecule has 0 aromatic carbocycles. The van der Waals surface area contributed by atoms with Crippen molar-refractivity contribution in [1.82, 2.24) is 9.97 Å². The minimum absolute atomic E-state index is 0.119. The molecule has 1 unspecified atom stereocenters. The van der Waals surface area contributed by atoms with Crippen molar-refractivity contribution in [3.63, 3.8) is 0 Å². The Labute approximate surface area is 117 Å². The zero-order valence-electron chi connectivity index (χ0n) is 11.1. The van der Waals surface area contributed by atoms with Crippen LogP contribution in [0.15, 0.2) is 6.20 Å². The van der Waals surface area contributed by atoms with Gasteiger partial charge in [-0.05, 0) is 32.6 Å². The summed E-state index contributed by atoms with van der Waals surface area (Å²) >= 11 is 6.02. The van der Waals surface area contributed by atoms with Gasteiger partial charge in [-0.1, -0.05) is 11.6 Å². The Bertz CT molecular complexity index is 463. The van der Waals surface area contributed by atoms with Crippen molar-refractivity contribution >= 4 is 17.6 Å². The van der Waals surface area contributed by atoms with Gasteiger partial charge < -0.3 is 9.47 Å². The number of carbonyl (C=O) groups is 1. The number of hydrogen-bond acceptors (Lipinski definition) is 5. The fraction of sp³-hybridized carbons (Fsp3) is 0.615. The largest absolute Gasteiger partial charge is 0.462 e. The summed E-state index contributed by atoms with van der Waals surface area (Å²) in [6.45, 7) is 4.56. The lowest BCUT2D eigenvalue weighted by Crippen LogP contribution is -2.14. The molecule has 1 aromatic rings. The van der Waals surface area contributed by atoms with E-state index in [1.54, 1.807) is 6.92 Å². The Balaban J connectivity index is 2.19. The van der Waals surface area contributed by atoms with Crippen molar-refractivity contribution in [2.45, 2.75) is 32.8 Å². The van der Waals surface area contributed by atoms with Crippen molar-refractivity contribution < 1.29 is 14.3 Å². The van der Waals surface area contributed by atoms with Crippen LogP contribution in [0.4, 0.5) is 0 Å². The molecule has 0 radical (unpaired) electrons. The molecular formula is C13H17ClN2O3. The first-order valence-electron chi connectivity index (χ1n) is 6.48. The van der Waals surface area contributed by atoms with E-state index < -0.39 is 5.97 Å². The number of ether oxygens (including phenoxy) is 2. The average molecular weight is 285 g/mol. The highest BCUT2D eigenvalue weighted by Crippen LogP contribution is 2.42. The van der Waals surface area contributed by atoms with Crippen LogP contribution in [0.5, 0.6) is 0 Å². The minimum atomic E-state index is -0.501. The first-order valence-corrected chi connectivity index (χ1v) is 6.86. The van der Waals surface area contributed by atoms with Gasteiger partial charge >= 0.3 is 5.97 Å². The van der Waals surface area contributed by atoms with E-state index in [9.17, 15) is 4.79 Å². The Hall–Kier alpha value is -1.20. The van der Waals surface area contributed by atoms with E-state index in [0.717, 1.165) is 12.8 Å². The number of nitrogens with zero attached hydrogens (tertiary/aromatic N) is 2. The van der Waals surface area contributed by atoms with Gasteiger partial charge in [0, 0.05) is 12.8 Å². The highest BCUT2D eigenvalue weighted by Gasteiger charge is 2.35. The van der Waals surface area contributed by atoms with E-state index in [2.05, 4.69) is 9.97 Å². The molecule has 2 rings (SSSR count). The van der Waals surface area contributed by atoms with Crippen molar-refractivity contribution in [2.24, 2.45) is 5.92 Å². The van der Waals surface area contributed by atoms with Crippen LogP contribution in [-0.4, -0.2) is 29.2 Å². The number of esters is 1. The highest BCUT2D eigenvalue weighted by atomic mass is 35.5. The number of carbonyl (C=O) groups excluding carboxylic acids is 1. The molecule has 5 nitrogen and oxygen atoms in total. The number of aromatic nitrogens is 2. The van der Waals surface area contributed by atoms with Gasteiger partial charge in [0.15, 0.2) is 5.82 Å². The molecule has 0 bridgehead atoms. The van der Waals surface area contributed by atoms with Gasteiger partial charge in [-0.2, -0.15) is 0 Å². The van der Waals surface area contributed by atoms with Gasteiger partial charge in [0.2, 0.25) is 0 Å². The lowest BCUT2D eigenvalue weighted by atomic mass is 10.2. The third-order valence-electron chi connectivity index (χ3n) is 2.91. The van der Waals surface area contributed by atoms with E-state index in [0.29, 0.717) is 25.0 Å². The highest BCUT2D eigenvalue weighted by molar-refractivity contribution is 6.32. The maximum atomic E-state index is 11.6. The second-order valence-electron chi connectivity index (χ2n) is 4.37. The van der Waals surface area contributed by atoms with E-state index >= 15 is 0 Å². The predicted molar refractivity (Wildman–Crippen MR) is 70.1 cm³/mol. The van der Waals surface area contributed by atoms with Crippen molar-refractivity contribution in [3.05, 3.63) is 22.7 Å². The van der Waals surface area contributed by atoms with Crippen LogP contribution < -0.4 is 0 Å². The van der Waals surface area contributed by atoms with Crippen LogP contribution >= 0.6 is 11.6 Å². The summed E-state index contributed by atoms with van der Waals surface area (Å²) in [6.07, 6.45) is 3.52. The van der Waals surface area contributed by atoms with E-state index in [1.807, 2.05) is 6.92 Å². The summed E-state index contributed by atoms with van der Waals surface area (Å²) in [4.78, 5) is 20.0. The molecule has 104 valence electrons. The molecule has 0 aliphatic heterocycles. The Morgan fingerprint density at radius 1 is 1.47 bits per heavy atom. The minimum Gasteiger partial charge on any atom is -0.462 e. The van der Waals surface area contributed by atoms with Crippen molar-refractivity contribution in [3.8, 4) is 0 Å². The van der Waals surface area contributed by atoms with Crippen LogP contribution in [-0.2, 0) is 9.47 Å². The van der Waals surface area contributed by atoms with E-state index in [1.165, 1.54) is 6.20 Å². The second kappa shape index (κ2) is 6.30. The molecule has 0 saturated heterocycles. The summed E-state index contributed by atoms with van der Waals surface area (Å²) in [7, 11) is 0. The van der Waals surface area contributed by atoms with Gasteiger partial charge in [-0.25, -0.2) is 14.8 Å². The Morgan fingerprint density at radius 3 is 2.74 bits per heavy atom. The van der Waals surface area contributed by atoms with Gasteiger partial charge in [0.05, 0.1) is 6.61 Å². The van der Waals surface area contributed by atoms with Crippen LogP contribution in [0.2, 0.25) is 5.15 Å². The maximum Gasteiger partial charge on any atom is 0.342 e. The Kier molecular flexibility index (Phi) is 4.71. The third-order valence-corrected chi connectivity index (χ3v) is 3.20. The van der Waals surface area contributed by atoms with Crippen molar-refractivity contribution in [1.29, 1.82) is 0 Å². The quantitative estimate of drug-likeness (QED) is 0.594. The smallest absolute Gasteiger partial charge is 0.342 e. The SMILES string of the molecule is CCOC(=O)c1cnc(C(OCC)C2CC2)nc1Cl. The monoisotopic (exact) mass is 284 g/mol. The summed E-state index contributed by atoms with van der Waals surface area (Å²) in [5, 5.41) is 0.119. The average Bonchev–Trinajstić information content (AvgIpc) is 3.20. The lowest BCUT2D eigenvalue weighted by Gasteiger charge is -2.15. The van der Waals surface area contributed by atoms with Crippen LogP contribution in [0.25, 0.3) is 0 Å². The molecule has 0 N–H and O–H groups in total. The molecule has 1 heterocycles. The molecule has 0 amide bonds. The standard InChI is InChI=1S/C13H17ClN2O3/c1-3-18-10(8-5-6-8)12-15-7-9(11(14)16-12)13(17)19-4-2/h7-8,10H,3-6H2,1-2H3. The molecule has 1 saturated carbocycles. The van der Waals surface area contributed by atoms with E-state index in [-0.39, 0.29) is 16.8 Å². The molecule has 6 heteroatoms. The normalized spacial score (nSPS) is 16.2. The van der Waals surface area contributed by atoms with Gasteiger partial charge in [0.25, 0.3) is 0 Å². The summed E-state index contributed by atoms with van der Waals surface area (Å²) in [5.74, 6) is 0.505. The van der Waals surface area contributed by atoms with Gasteiger partial charge in [-0.15, -0.1) is 0 Å². The fourth-order valence-corrected chi connectivity index (χ4v) is 2.07. The predicted octanol–water partition coefficient (Wildman–Crippen LogP) is 2.79. The molecule has 1 aliphatic rings. The molecule has 1 aliphatic carbocycles. The zero-order chi connectivity index (χ0) is 13.8. The number of halogens is 1. The summed E-state index contributed by atoms with van der Waals surface area (Å²) in [6, 6.07) is 0. The molecule has 1 aromatic heterocycles. The second-order valence-corrected chi connectivity index (χ2v) is 4.72. The number of rotatable bonds is 6. The van der Waals surface area contributed by atoms with Gasteiger partial charge in [-0.3, -0.25) is 0 Å². The number of hydrogen-bond donors (Lipinski definition) is 0. The van der Waals surface area contributed by atoms with Crippen LogP contribution in [0.3, 0.4) is 0 Å². The fourth-order valence-electron chi connectivity index (χ4n) is 1.86. The summed E-state index contributed by atoms with van der Waals surface area (Å²) in [5.41, 5.74) is 0.193. The summed E-state index contributed by atoms with van der Waals surface area (Å²) < 4.78 is 10.5. The first kappa shape index (κ1) is 14.2. The van der Waals surface area contributed by atoms with Gasteiger partial charge in [0.1, 0.15) is 16.8 Å². The molecule has 19 heavy (non-hydrogen) atoms. The first-order chi connectivity index (χ1) is 9.17. The molecule has 1 fully saturated rings. The topological polar surface area (TPSA) is 61.3 Å². The van der Waals surface area contributed by atoms with Crippen LogP contribution in [0, 0.1) is 5.92 Å². The maximum absolute atomic E-state index is 11.6. The molecular weight excluding hydrogens is 268 g/mol. The van der Waals surface area contributed by atoms with Crippen molar-refractivity contribution in [2.75, 3.05) is 13.2 Å². The molecule has 1 atom stereocenters. The third kappa shape index (κ3) is 3.42. The molecule has 0 spiro atoms. The zero-order valence-corrected chi connectivity index (χ0v) is 11.8. The van der Waals surface area contributed by atoms with E-state index in [4.69, 9.17) is 21.1 Å². The Morgan fingerprint density at radius 2 is 2.21 bits per heavy atom.